The summed E-state index contributed by atoms with van der Waals surface area (Å²) in [6.45, 7) is 4.95. The van der Waals surface area contributed by atoms with Gasteiger partial charge in [0.25, 0.3) is 0 Å². The second-order valence-corrected chi connectivity index (χ2v) is 5.21. The Hall–Kier alpha value is -0.130. The van der Waals surface area contributed by atoms with Crippen LogP contribution in [0.2, 0.25) is 0 Å². The molecule has 0 aliphatic heterocycles. The van der Waals surface area contributed by atoms with Crippen LogP contribution in [0.5, 0.6) is 0 Å². The molecular formula is C8H20N2O2S. The first-order valence-corrected chi connectivity index (χ1v) is 6.45. The molecule has 0 aromatic carbocycles. The zero-order valence-corrected chi connectivity index (χ0v) is 9.47. The van der Waals surface area contributed by atoms with Gasteiger partial charge in [-0.1, -0.05) is 6.92 Å². The quantitative estimate of drug-likeness (QED) is 0.687. The van der Waals surface area contributed by atoms with Gasteiger partial charge in [-0.05, 0) is 26.3 Å². The van der Waals surface area contributed by atoms with Crippen molar-refractivity contribution in [3.8, 4) is 0 Å². The van der Waals surface area contributed by atoms with Crippen LogP contribution < -0.4 is 5.73 Å². The molecule has 0 amide bonds. The van der Waals surface area contributed by atoms with Crippen LogP contribution >= 0.6 is 0 Å². The van der Waals surface area contributed by atoms with Crippen molar-refractivity contribution in [3.05, 3.63) is 0 Å². The summed E-state index contributed by atoms with van der Waals surface area (Å²) in [5.41, 5.74) is 5.34. The largest absolute Gasteiger partial charge is 0.330 e. The molecule has 0 radical (unpaired) electrons. The van der Waals surface area contributed by atoms with E-state index in [0.29, 0.717) is 13.1 Å². The van der Waals surface area contributed by atoms with E-state index in [0.717, 1.165) is 12.8 Å². The molecule has 0 aliphatic carbocycles. The molecule has 0 rings (SSSR count). The highest BCUT2D eigenvalue weighted by molar-refractivity contribution is 7.88. The summed E-state index contributed by atoms with van der Waals surface area (Å²) in [6.07, 6.45) is 2.80. The smallest absolute Gasteiger partial charge is 0.211 e. The number of nitrogens with zero attached hydrogens (tertiary/aromatic N) is 1. The first-order chi connectivity index (χ1) is 5.93. The standard InChI is InChI=1S/C8H20N2O2S/c1-4-8(2)10(7-5-6-9)13(3,11)12/h8H,4-7,9H2,1-3H3. The van der Waals surface area contributed by atoms with Crippen LogP contribution in [0.4, 0.5) is 0 Å². The topological polar surface area (TPSA) is 63.4 Å². The lowest BCUT2D eigenvalue weighted by molar-refractivity contribution is 0.329. The van der Waals surface area contributed by atoms with Crippen molar-refractivity contribution in [2.75, 3.05) is 19.3 Å². The summed E-state index contributed by atoms with van der Waals surface area (Å²) in [6, 6.07) is 0.0709. The third-order valence-electron chi connectivity index (χ3n) is 2.09. The predicted octanol–water partition coefficient (Wildman–Crippen LogP) is 0.395. The fourth-order valence-electron chi connectivity index (χ4n) is 1.16. The second-order valence-electron chi connectivity index (χ2n) is 3.27. The molecule has 0 heterocycles. The first-order valence-electron chi connectivity index (χ1n) is 4.60. The SMILES string of the molecule is CCC(C)N(CCCN)S(C)(=O)=O. The highest BCUT2D eigenvalue weighted by atomic mass is 32.2. The van der Waals surface area contributed by atoms with E-state index < -0.39 is 10.0 Å². The molecule has 4 nitrogen and oxygen atoms in total. The minimum absolute atomic E-state index is 0.0709. The zero-order chi connectivity index (χ0) is 10.5. The maximum absolute atomic E-state index is 11.3. The molecule has 0 fully saturated rings. The van der Waals surface area contributed by atoms with Gasteiger partial charge in [-0.15, -0.1) is 0 Å². The van der Waals surface area contributed by atoms with Crippen LogP contribution in [0.25, 0.3) is 0 Å². The summed E-state index contributed by atoms with van der Waals surface area (Å²) in [5, 5.41) is 0. The third kappa shape index (κ3) is 4.59. The maximum Gasteiger partial charge on any atom is 0.211 e. The van der Waals surface area contributed by atoms with Crippen LogP contribution in [0.15, 0.2) is 0 Å². The molecule has 80 valence electrons. The van der Waals surface area contributed by atoms with Crippen molar-refractivity contribution in [2.24, 2.45) is 5.73 Å². The van der Waals surface area contributed by atoms with Gasteiger partial charge in [0.05, 0.1) is 6.26 Å². The fraction of sp³-hybridized carbons (Fsp3) is 1.00. The minimum atomic E-state index is -3.07. The van der Waals surface area contributed by atoms with Crippen molar-refractivity contribution in [2.45, 2.75) is 32.7 Å². The highest BCUT2D eigenvalue weighted by Crippen LogP contribution is 2.08. The van der Waals surface area contributed by atoms with Crippen molar-refractivity contribution >= 4 is 10.0 Å². The van der Waals surface area contributed by atoms with Gasteiger partial charge >= 0.3 is 0 Å². The molecule has 0 bridgehead atoms. The Bertz CT molecular complexity index is 226. The van der Waals surface area contributed by atoms with Crippen LogP contribution in [-0.2, 0) is 10.0 Å². The van der Waals surface area contributed by atoms with Gasteiger partial charge in [-0.3, -0.25) is 0 Å². The van der Waals surface area contributed by atoms with Gasteiger partial charge < -0.3 is 5.73 Å². The van der Waals surface area contributed by atoms with E-state index >= 15 is 0 Å². The summed E-state index contributed by atoms with van der Waals surface area (Å²) < 4.78 is 24.2. The van der Waals surface area contributed by atoms with Crippen LogP contribution in [-0.4, -0.2) is 38.1 Å². The van der Waals surface area contributed by atoms with Crippen molar-refractivity contribution < 1.29 is 8.42 Å². The molecule has 0 saturated carbocycles. The molecular weight excluding hydrogens is 188 g/mol. The Morgan fingerprint density at radius 1 is 1.46 bits per heavy atom. The molecule has 0 aromatic heterocycles. The number of sulfonamides is 1. The molecule has 13 heavy (non-hydrogen) atoms. The summed E-state index contributed by atoms with van der Waals surface area (Å²) in [7, 11) is -3.07. The molecule has 0 aliphatic rings. The third-order valence-corrected chi connectivity index (χ3v) is 3.49. The van der Waals surface area contributed by atoms with E-state index in [1.807, 2.05) is 13.8 Å². The van der Waals surface area contributed by atoms with E-state index in [9.17, 15) is 8.42 Å². The summed E-state index contributed by atoms with van der Waals surface area (Å²) >= 11 is 0. The van der Waals surface area contributed by atoms with Gasteiger partial charge in [0.15, 0.2) is 0 Å². The molecule has 0 saturated heterocycles. The Morgan fingerprint density at radius 3 is 2.31 bits per heavy atom. The molecule has 5 heteroatoms. The summed E-state index contributed by atoms with van der Waals surface area (Å²) in [4.78, 5) is 0. The fourth-order valence-corrected chi connectivity index (χ4v) is 2.43. The Kier molecular flexibility index (Phi) is 5.51. The van der Waals surface area contributed by atoms with E-state index in [2.05, 4.69) is 0 Å². The lowest BCUT2D eigenvalue weighted by atomic mass is 10.2. The molecule has 0 spiro atoms. The van der Waals surface area contributed by atoms with Crippen LogP contribution in [0.1, 0.15) is 26.7 Å². The molecule has 1 atom stereocenters. The minimum Gasteiger partial charge on any atom is -0.330 e. The monoisotopic (exact) mass is 208 g/mol. The number of hydrogen-bond acceptors (Lipinski definition) is 3. The van der Waals surface area contributed by atoms with E-state index in [1.165, 1.54) is 10.6 Å². The van der Waals surface area contributed by atoms with Crippen LogP contribution in [0.3, 0.4) is 0 Å². The Balaban J connectivity index is 4.38. The lowest BCUT2D eigenvalue weighted by Gasteiger charge is -2.25. The highest BCUT2D eigenvalue weighted by Gasteiger charge is 2.20. The summed E-state index contributed by atoms with van der Waals surface area (Å²) in [5.74, 6) is 0. The van der Waals surface area contributed by atoms with Crippen molar-refractivity contribution in [3.63, 3.8) is 0 Å². The normalized spacial score (nSPS) is 14.8. The lowest BCUT2D eigenvalue weighted by Crippen LogP contribution is -2.38. The second kappa shape index (κ2) is 5.57. The average Bonchev–Trinajstić information content (AvgIpc) is 2.02. The predicted molar refractivity (Wildman–Crippen MR) is 55.0 cm³/mol. The molecule has 0 aromatic rings. The zero-order valence-electron chi connectivity index (χ0n) is 8.66. The Morgan fingerprint density at radius 2 is 2.00 bits per heavy atom. The van der Waals surface area contributed by atoms with Gasteiger partial charge in [0.1, 0.15) is 0 Å². The molecule has 2 N–H and O–H groups in total. The average molecular weight is 208 g/mol. The van der Waals surface area contributed by atoms with Gasteiger partial charge in [0, 0.05) is 12.6 Å². The van der Waals surface area contributed by atoms with Gasteiger partial charge in [0.2, 0.25) is 10.0 Å². The molecule has 1 unspecified atom stereocenters. The number of nitrogens with two attached hydrogens (primary N) is 1. The Labute approximate surface area is 81.2 Å². The van der Waals surface area contributed by atoms with E-state index in [4.69, 9.17) is 5.73 Å². The van der Waals surface area contributed by atoms with Crippen molar-refractivity contribution in [1.82, 2.24) is 4.31 Å². The van der Waals surface area contributed by atoms with E-state index in [1.54, 1.807) is 0 Å². The van der Waals surface area contributed by atoms with Crippen LogP contribution in [0, 0.1) is 0 Å². The van der Waals surface area contributed by atoms with E-state index in [-0.39, 0.29) is 6.04 Å². The van der Waals surface area contributed by atoms with Gasteiger partial charge in [-0.2, -0.15) is 4.31 Å². The van der Waals surface area contributed by atoms with Crippen molar-refractivity contribution in [1.29, 1.82) is 0 Å². The number of rotatable bonds is 6. The van der Waals surface area contributed by atoms with Gasteiger partial charge in [-0.25, -0.2) is 8.42 Å². The number of hydrogen-bond donors (Lipinski definition) is 1. The maximum atomic E-state index is 11.3. The first kappa shape index (κ1) is 12.9.